The minimum atomic E-state index is -0.784. The Balaban J connectivity index is 2.86. The average Bonchev–Trinajstić information content (AvgIpc) is 2.48. The third-order valence-corrected chi connectivity index (χ3v) is 2.94. The summed E-state index contributed by atoms with van der Waals surface area (Å²) in [5, 5.41) is 11.9. The Kier molecular flexibility index (Phi) is 6.52. The van der Waals surface area contributed by atoms with Crippen LogP contribution in [0.1, 0.15) is 18.4 Å². The number of hydrogen-bond acceptors (Lipinski definition) is 4. The van der Waals surface area contributed by atoms with E-state index >= 15 is 0 Å². The summed E-state index contributed by atoms with van der Waals surface area (Å²) < 4.78 is 5.22. The molecule has 1 amide bonds. The molecule has 0 saturated heterocycles. The molecule has 0 aliphatic heterocycles. The fourth-order valence-corrected chi connectivity index (χ4v) is 1.82. The molecule has 0 aromatic heterocycles. The minimum absolute atomic E-state index is 0.121. The van der Waals surface area contributed by atoms with Crippen LogP contribution < -0.4 is 5.73 Å². The number of likely N-dealkylation sites (N-methyl/N-ethyl adjacent to an activating group) is 1. The number of carbonyl (C=O) groups is 1. The molecular weight excluding hydrogens is 258 g/mol. The Labute approximate surface area is 118 Å². The first-order valence-electron chi connectivity index (χ1n) is 6.46. The number of nitrogens with two attached hydrogens (primary N) is 1. The first-order valence-corrected chi connectivity index (χ1v) is 6.46. The molecule has 0 aliphatic carbocycles. The van der Waals surface area contributed by atoms with Crippen molar-refractivity contribution in [1.29, 1.82) is 0 Å². The van der Waals surface area contributed by atoms with E-state index in [-0.39, 0.29) is 11.7 Å². The van der Waals surface area contributed by atoms with Gasteiger partial charge in [0.1, 0.15) is 5.92 Å². The number of amides is 1. The molecule has 1 aromatic carbocycles. The summed E-state index contributed by atoms with van der Waals surface area (Å²) in [6.07, 6.45) is 0. The molecule has 0 spiro atoms. The molecule has 0 heterocycles. The summed E-state index contributed by atoms with van der Waals surface area (Å²) in [6, 6.07) is 9.00. The van der Waals surface area contributed by atoms with Crippen LogP contribution in [-0.2, 0) is 9.53 Å². The highest BCUT2D eigenvalue weighted by Gasteiger charge is 2.27. The van der Waals surface area contributed by atoms with Crippen molar-refractivity contribution in [2.75, 3.05) is 26.8 Å². The molecule has 6 nitrogen and oxygen atoms in total. The molecule has 0 fully saturated rings. The van der Waals surface area contributed by atoms with Crippen LogP contribution in [0.4, 0.5) is 0 Å². The molecule has 1 unspecified atom stereocenters. The maximum Gasteiger partial charge on any atom is 0.237 e. The molecule has 1 atom stereocenters. The van der Waals surface area contributed by atoms with E-state index in [0.29, 0.717) is 25.3 Å². The van der Waals surface area contributed by atoms with Gasteiger partial charge in [-0.15, -0.1) is 0 Å². The third kappa shape index (κ3) is 4.24. The molecular formula is C14H21N3O3. The van der Waals surface area contributed by atoms with E-state index in [1.54, 1.807) is 31.3 Å². The molecule has 0 bridgehead atoms. The topological polar surface area (TPSA) is 88.2 Å². The summed E-state index contributed by atoms with van der Waals surface area (Å²) in [7, 11) is 1.67. The second-order valence-electron chi connectivity index (χ2n) is 4.33. The van der Waals surface area contributed by atoms with E-state index in [1.165, 1.54) is 4.90 Å². The molecule has 3 N–H and O–H groups in total. The van der Waals surface area contributed by atoms with Crippen molar-refractivity contribution in [2.24, 2.45) is 10.9 Å². The summed E-state index contributed by atoms with van der Waals surface area (Å²) in [5.41, 5.74) is 6.35. The molecule has 0 aliphatic rings. The standard InChI is InChI=1S/C14H21N3O3/c1-3-20-10-9-17(2)14(18)12(13(15)16-19)11-7-5-4-6-8-11/h4-8,12,19H,3,9-10H2,1-2H3,(H2,15,16). The zero-order chi connectivity index (χ0) is 15.0. The molecule has 110 valence electrons. The number of rotatable bonds is 7. The molecule has 1 rings (SSSR count). The van der Waals surface area contributed by atoms with Crippen LogP contribution >= 0.6 is 0 Å². The second kappa shape index (κ2) is 8.16. The van der Waals surface area contributed by atoms with Crippen molar-refractivity contribution in [3.63, 3.8) is 0 Å². The van der Waals surface area contributed by atoms with Gasteiger partial charge in [-0.3, -0.25) is 4.79 Å². The summed E-state index contributed by atoms with van der Waals surface area (Å²) >= 11 is 0. The summed E-state index contributed by atoms with van der Waals surface area (Å²) in [5.74, 6) is -1.14. The molecule has 20 heavy (non-hydrogen) atoms. The second-order valence-corrected chi connectivity index (χ2v) is 4.33. The van der Waals surface area contributed by atoms with Crippen molar-refractivity contribution in [2.45, 2.75) is 12.8 Å². The number of benzene rings is 1. The highest BCUT2D eigenvalue weighted by atomic mass is 16.5. The zero-order valence-corrected chi connectivity index (χ0v) is 11.8. The lowest BCUT2D eigenvalue weighted by molar-refractivity contribution is -0.130. The lowest BCUT2D eigenvalue weighted by Crippen LogP contribution is -2.40. The zero-order valence-electron chi connectivity index (χ0n) is 11.8. The fraction of sp³-hybridized carbons (Fsp3) is 0.429. The SMILES string of the molecule is CCOCCN(C)C(=O)C(/C(N)=N/O)c1ccccc1. The monoisotopic (exact) mass is 279 g/mol. The van der Waals surface area contributed by atoms with Crippen LogP contribution in [0.2, 0.25) is 0 Å². The lowest BCUT2D eigenvalue weighted by Gasteiger charge is -2.23. The van der Waals surface area contributed by atoms with Crippen LogP contribution in [0.15, 0.2) is 35.5 Å². The maximum absolute atomic E-state index is 12.4. The quantitative estimate of drug-likeness (QED) is 0.256. The number of hydrogen-bond donors (Lipinski definition) is 2. The number of nitrogens with zero attached hydrogens (tertiary/aromatic N) is 2. The summed E-state index contributed by atoms with van der Waals surface area (Å²) in [6.45, 7) is 3.40. The van der Waals surface area contributed by atoms with Gasteiger partial charge < -0.3 is 20.6 Å². The first-order chi connectivity index (χ1) is 9.61. The Hall–Kier alpha value is -2.08. The van der Waals surface area contributed by atoms with E-state index in [2.05, 4.69) is 5.16 Å². The molecule has 1 aromatic rings. The van der Waals surface area contributed by atoms with Crippen molar-refractivity contribution in [3.8, 4) is 0 Å². The average molecular weight is 279 g/mol. The highest BCUT2D eigenvalue weighted by Crippen LogP contribution is 2.18. The van der Waals surface area contributed by atoms with Gasteiger partial charge >= 0.3 is 0 Å². The van der Waals surface area contributed by atoms with Gasteiger partial charge in [0.05, 0.1) is 6.61 Å². The minimum Gasteiger partial charge on any atom is -0.409 e. The number of oxime groups is 1. The Morgan fingerprint density at radius 1 is 1.45 bits per heavy atom. The van der Waals surface area contributed by atoms with E-state index in [4.69, 9.17) is 15.7 Å². The van der Waals surface area contributed by atoms with Gasteiger partial charge in [-0.1, -0.05) is 35.5 Å². The van der Waals surface area contributed by atoms with Gasteiger partial charge in [-0.05, 0) is 12.5 Å². The van der Waals surface area contributed by atoms with Crippen molar-refractivity contribution in [1.82, 2.24) is 4.90 Å². The van der Waals surface area contributed by atoms with Crippen molar-refractivity contribution < 1.29 is 14.7 Å². The molecule has 6 heteroatoms. The van der Waals surface area contributed by atoms with Crippen molar-refractivity contribution >= 4 is 11.7 Å². The Bertz CT molecular complexity index is 448. The van der Waals surface area contributed by atoms with E-state index in [1.807, 2.05) is 13.0 Å². The maximum atomic E-state index is 12.4. The van der Waals surface area contributed by atoms with Gasteiger partial charge in [0, 0.05) is 20.2 Å². The fourth-order valence-electron chi connectivity index (χ4n) is 1.82. The lowest BCUT2D eigenvalue weighted by atomic mass is 9.96. The van der Waals surface area contributed by atoms with E-state index in [0.717, 1.165) is 0 Å². The van der Waals surface area contributed by atoms with E-state index in [9.17, 15) is 4.79 Å². The number of amidine groups is 1. The molecule has 0 radical (unpaired) electrons. The van der Waals surface area contributed by atoms with E-state index < -0.39 is 5.92 Å². The normalized spacial score (nSPS) is 13.0. The smallest absolute Gasteiger partial charge is 0.237 e. The predicted octanol–water partition coefficient (Wildman–Crippen LogP) is 1.01. The van der Waals surface area contributed by atoms with Crippen LogP contribution in [0.3, 0.4) is 0 Å². The largest absolute Gasteiger partial charge is 0.409 e. The predicted molar refractivity (Wildman–Crippen MR) is 76.7 cm³/mol. The molecule has 0 saturated carbocycles. The van der Waals surface area contributed by atoms with Gasteiger partial charge in [-0.25, -0.2) is 0 Å². The van der Waals surface area contributed by atoms with Crippen LogP contribution in [0.25, 0.3) is 0 Å². The third-order valence-electron chi connectivity index (χ3n) is 2.94. The van der Waals surface area contributed by atoms with Crippen molar-refractivity contribution in [3.05, 3.63) is 35.9 Å². The Morgan fingerprint density at radius 3 is 2.65 bits per heavy atom. The Morgan fingerprint density at radius 2 is 2.10 bits per heavy atom. The van der Waals surface area contributed by atoms with Gasteiger partial charge in [0.25, 0.3) is 0 Å². The van der Waals surface area contributed by atoms with Crippen LogP contribution in [0.5, 0.6) is 0 Å². The van der Waals surface area contributed by atoms with Gasteiger partial charge in [0.15, 0.2) is 5.84 Å². The highest BCUT2D eigenvalue weighted by molar-refractivity contribution is 6.07. The van der Waals surface area contributed by atoms with Gasteiger partial charge in [-0.2, -0.15) is 0 Å². The van der Waals surface area contributed by atoms with Crippen LogP contribution in [0, 0.1) is 0 Å². The first kappa shape index (κ1) is 16.0. The number of carbonyl (C=O) groups excluding carboxylic acids is 1. The van der Waals surface area contributed by atoms with Crippen LogP contribution in [-0.4, -0.2) is 48.7 Å². The number of ether oxygens (including phenoxy) is 1. The summed E-state index contributed by atoms with van der Waals surface area (Å²) in [4.78, 5) is 14.0. The van der Waals surface area contributed by atoms with Gasteiger partial charge in [0.2, 0.25) is 5.91 Å².